The second kappa shape index (κ2) is 8.99. The zero-order valence-electron chi connectivity index (χ0n) is 18.5. The van der Waals surface area contributed by atoms with E-state index in [1.54, 1.807) is 43.9 Å². The van der Waals surface area contributed by atoms with E-state index in [1.807, 2.05) is 18.2 Å². The number of benzene rings is 2. The summed E-state index contributed by atoms with van der Waals surface area (Å²) in [6.45, 7) is 0. The molecule has 172 valence electrons. The van der Waals surface area contributed by atoms with Crippen LogP contribution in [0, 0.1) is 0 Å². The first-order chi connectivity index (χ1) is 16.6. The van der Waals surface area contributed by atoms with Crippen molar-refractivity contribution in [3.8, 4) is 39.9 Å². The maximum atomic E-state index is 12.6. The summed E-state index contributed by atoms with van der Waals surface area (Å²) in [6.07, 6.45) is 0.331. The first-order valence-electron chi connectivity index (χ1n) is 10.2. The molecule has 3 heterocycles. The van der Waals surface area contributed by atoms with Crippen LogP contribution in [0.1, 0.15) is 10.9 Å². The van der Waals surface area contributed by atoms with Crippen LogP contribution in [0.25, 0.3) is 33.6 Å². The van der Waals surface area contributed by atoms with E-state index in [0.29, 0.717) is 52.2 Å². The van der Waals surface area contributed by atoms with Crippen LogP contribution in [0.5, 0.6) is 17.2 Å². The summed E-state index contributed by atoms with van der Waals surface area (Å²) in [5.41, 5.74) is 1.56. The third kappa shape index (κ3) is 3.99. The highest BCUT2D eigenvalue weighted by Crippen LogP contribution is 2.32. The van der Waals surface area contributed by atoms with E-state index in [2.05, 4.69) is 15.1 Å². The van der Waals surface area contributed by atoms with Crippen molar-refractivity contribution in [3.05, 3.63) is 69.2 Å². The lowest BCUT2D eigenvalue weighted by Crippen LogP contribution is -2.03. The van der Waals surface area contributed by atoms with Gasteiger partial charge in [0.1, 0.15) is 5.01 Å². The minimum Gasteiger partial charge on any atom is -0.493 e. The van der Waals surface area contributed by atoms with Gasteiger partial charge in [0.05, 0.1) is 39.0 Å². The van der Waals surface area contributed by atoms with Crippen molar-refractivity contribution in [2.24, 2.45) is 0 Å². The molecule has 0 amide bonds. The second-order valence-electron chi connectivity index (χ2n) is 7.21. The summed E-state index contributed by atoms with van der Waals surface area (Å²) >= 11 is 1.40. The second-order valence-corrected chi connectivity index (χ2v) is 8.15. The van der Waals surface area contributed by atoms with Crippen molar-refractivity contribution >= 4 is 22.3 Å². The lowest BCUT2D eigenvalue weighted by atomic mass is 10.1. The van der Waals surface area contributed by atoms with E-state index in [-0.39, 0.29) is 0 Å². The molecule has 0 saturated carbocycles. The van der Waals surface area contributed by atoms with Gasteiger partial charge in [0.25, 0.3) is 0 Å². The number of hydrogen-bond donors (Lipinski definition) is 0. The number of para-hydroxylation sites is 1. The number of methoxy groups -OCH3 is 3. The van der Waals surface area contributed by atoms with Gasteiger partial charge in [-0.3, -0.25) is 0 Å². The number of fused-ring (bicyclic) bond motifs is 1. The molecule has 0 N–H and O–H groups in total. The molecule has 34 heavy (non-hydrogen) atoms. The number of aromatic nitrogens is 3. The number of rotatable bonds is 7. The number of nitrogens with zero attached hydrogens (tertiary/aromatic N) is 3. The zero-order chi connectivity index (χ0) is 23.7. The molecule has 0 saturated heterocycles. The van der Waals surface area contributed by atoms with Gasteiger partial charge in [-0.05, 0) is 30.3 Å². The minimum atomic E-state index is -0.484. The van der Waals surface area contributed by atoms with Gasteiger partial charge in [0.15, 0.2) is 22.8 Å². The summed E-state index contributed by atoms with van der Waals surface area (Å²) < 4.78 is 26.8. The maximum Gasteiger partial charge on any atom is 0.345 e. The fourth-order valence-electron chi connectivity index (χ4n) is 3.52. The van der Waals surface area contributed by atoms with Crippen molar-refractivity contribution in [3.63, 3.8) is 0 Å². The predicted octanol–water partition coefficient (Wildman–Crippen LogP) is 4.58. The topological polar surface area (TPSA) is 110 Å². The first-order valence-corrected chi connectivity index (χ1v) is 11.1. The SMILES string of the molecule is COc1ccc(-c2noc(Cc3nc(-c4cc5cccc(OC)c5oc4=O)cs3)n2)cc1OC. The smallest absolute Gasteiger partial charge is 0.345 e. The Morgan fingerprint density at radius 2 is 1.76 bits per heavy atom. The molecular formula is C24H19N3O6S. The van der Waals surface area contributed by atoms with Crippen LogP contribution in [0.2, 0.25) is 0 Å². The lowest BCUT2D eigenvalue weighted by molar-refractivity contribution is 0.355. The van der Waals surface area contributed by atoms with Gasteiger partial charge < -0.3 is 23.2 Å². The van der Waals surface area contributed by atoms with E-state index < -0.39 is 5.63 Å². The number of thiazole rings is 1. The Labute approximate surface area is 197 Å². The molecule has 5 aromatic rings. The average Bonchev–Trinajstić information content (AvgIpc) is 3.53. The fourth-order valence-corrected chi connectivity index (χ4v) is 4.31. The monoisotopic (exact) mass is 477 g/mol. The third-order valence-corrected chi connectivity index (χ3v) is 6.03. The third-order valence-electron chi connectivity index (χ3n) is 5.18. The van der Waals surface area contributed by atoms with Gasteiger partial charge >= 0.3 is 5.63 Å². The summed E-state index contributed by atoms with van der Waals surface area (Å²) in [7, 11) is 4.67. The normalized spacial score (nSPS) is 11.0. The first kappa shape index (κ1) is 21.7. The quantitative estimate of drug-likeness (QED) is 0.311. The lowest BCUT2D eigenvalue weighted by Gasteiger charge is -2.07. The van der Waals surface area contributed by atoms with Crippen molar-refractivity contribution in [2.75, 3.05) is 21.3 Å². The largest absolute Gasteiger partial charge is 0.493 e. The van der Waals surface area contributed by atoms with Gasteiger partial charge in [-0.2, -0.15) is 4.98 Å². The van der Waals surface area contributed by atoms with Gasteiger partial charge in [-0.1, -0.05) is 17.3 Å². The molecule has 0 aliphatic carbocycles. The Hall–Kier alpha value is -4.18. The molecule has 0 aliphatic rings. The van der Waals surface area contributed by atoms with Crippen LogP contribution in [0.15, 0.2) is 61.6 Å². The maximum absolute atomic E-state index is 12.6. The average molecular weight is 477 g/mol. The van der Waals surface area contributed by atoms with Crippen LogP contribution in [-0.2, 0) is 6.42 Å². The van der Waals surface area contributed by atoms with E-state index >= 15 is 0 Å². The summed E-state index contributed by atoms with van der Waals surface area (Å²) in [6, 6.07) is 12.6. The Balaban J connectivity index is 1.39. The van der Waals surface area contributed by atoms with Gasteiger partial charge in [0, 0.05) is 16.3 Å². The molecule has 10 heteroatoms. The zero-order valence-corrected chi connectivity index (χ0v) is 19.3. The van der Waals surface area contributed by atoms with Crippen LogP contribution in [0.3, 0.4) is 0 Å². The molecule has 3 aromatic heterocycles. The molecule has 0 radical (unpaired) electrons. The standard InChI is InChI=1S/C24H19N3O6S/c1-29-17-8-7-14(10-19(17)31-3)23-26-20(33-27-23)11-21-25-16(12-34-21)15-9-13-5-4-6-18(30-2)22(13)32-24(15)28/h4-10,12H,11H2,1-3H3. The molecule has 2 aromatic carbocycles. The highest BCUT2D eigenvalue weighted by atomic mass is 32.1. The molecule has 9 nitrogen and oxygen atoms in total. The molecule has 0 fully saturated rings. The Bertz CT molecular complexity index is 1540. The molecule has 0 bridgehead atoms. The van der Waals surface area contributed by atoms with Gasteiger partial charge in [-0.15, -0.1) is 11.3 Å². The molecule has 0 unspecified atom stereocenters. The Morgan fingerprint density at radius 3 is 2.56 bits per heavy atom. The summed E-state index contributed by atoms with van der Waals surface area (Å²) in [5, 5.41) is 7.34. The van der Waals surface area contributed by atoms with Crippen LogP contribution in [-0.4, -0.2) is 36.5 Å². The summed E-state index contributed by atoms with van der Waals surface area (Å²) in [5.74, 6) is 2.52. The highest BCUT2D eigenvalue weighted by Gasteiger charge is 2.17. The number of ether oxygens (including phenoxy) is 3. The molecule has 0 aliphatic heterocycles. The van der Waals surface area contributed by atoms with Crippen molar-refractivity contribution in [1.29, 1.82) is 0 Å². The molecular weight excluding hydrogens is 458 g/mol. The van der Waals surface area contributed by atoms with E-state index in [4.69, 9.17) is 23.2 Å². The van der Waals surface area contributed by atoms with E-state index in [9.17, 15) is 4.79 Å². The molecule has 0 atom stereocenters. The fraction of sp³-hybridized carbons (Fsp3) is 0.167. The van der Waals surface area contributed by atoms with Gasteiger partial charge in [-0.25, -0.2) is 9.78 Å². The Morgan fingerprint density at radius 1 is 0.941 bits per heavy atom. The Kier molecular flexibility index (Phi) is 5.72. The molecule has 5 rings (SSSR count). The minimum absolute atomic E-state index is 0.331. The highest BCUT2D eigenvalue weighted by molar-refractivity contribution is 7.10. The van der Waals surface area contributed by atoms with Crippen molar-refractivity contribution < 1.29 is 23.2 Å². The number of hydrogen-bond acceptors (Lipinski definition) is 10. The van der Waals surface area contributed by atoms with Crippen LogP contribution >= 0.6 is 11.3 Å². The predicted molar refractivity (Wildman–Crippen MR) is 126 cm³/mol. The van der Waals surface area contributed by atoms with Crippen molar-refractivity contribution in [1.82, 2.24) is 15.1 Å². The van der Waals surface area contributed by atoms with Crippen molar-refractivity contribution in [2.45, 2.75) is 6.42 Å². The van der Waals surface area contributed by atoms with Gasteiger partial charge in [0.2, 0.25) is 11.7 Å². The van der Waals surface area contributed by atoms with Crippen LogP contribution < -0.4 is 19.8 Å². The van der Waals surface area contributed by atoms with E-state index in [1.165, 1.54) is 18.4 Å². The molecule has 0 spiro atoms. The van der Waals surface area contributed by atoms with Crippen LogP contribution in [0.4, 0.5) is 0 Å². The van der Waals surface area contributed by atoms with E-state index in [0.717, 1.165) is 16.0 Å². The summed E-state index contributed by atoms with van der Waals surface area (Å²) in [4.78, 5) is 21.7.